The van der Waals surface area contributed by atoms with Crippen LogP contribution in [0.4, 0.5) is 0 Å². The van der Waals surface area contributed by atoms with Crippen LogP contribution < -0.4 is 0 Å². The maximum atomic E-state index is 12.6. The quantitative estimate of drug-likeness (QED) is 0.789. The van der Waals surface area contributed by atoms with Crippen LogP contribution in [0.15, 0.2) is 39.3 Å². The fourth-order valence-electron chi connectivity index (χ4n) is 2.73. The van der Waals surface area contributed by atoms with Crippen molar-refractivity contribution in [2.24, 2.45) is 0 Å². The monoisotopic (exact) mass is 391 g/mol. The lowest BCUT2D eigenvalue weighted by atomic mass is 10.2. The molecule has 3 rings (SSSR count). The summed E-state index contributed by atoms with van der Waals surface area (Å²) in [5.74, 6) is 0.457. The van der Waals surface area contributed by atoms with E-state index in [1.165, 1.54) is 0 Å². The summed E-state index contributed by atoms with van der Waals surface area (Å²) in [5, 5.41) is 3.78. The minimum absolute atomic E-state index is 0.00548. The molecule has 1 aromatic carbocycles. The number of carbonyl (C=O) groups excluding carboxylic acids is 2. The number of hydrogen-bond donors (Lipinski definition) is 0. The summed E-state index contributed by atoms with van der Waals surface area (Å²) in [7, 11) is 0. The van der Waals surface area contributed by atoms with Crippen molar-refractivity contribution in [3.05, 3.63) is 51.8 Å². The Balaban J connectivity index is 1.65. The number of nitrogens with zero attached hydrogens (tertiary/aromatic N) is 3. The molecule has 0 radical (unpaired) electrons. The van der Waals surface area contributed by atoms with Gasteiger partial charge in [0.25, 0.3) is 11.8 Å². The van der Waals surface area contributed by atoms with Gasteiger partial charge in [-0.15, -0.1) is 0 Å². The van der Waals surface area contributed by atoms with E-state index in [1.54, 1.807) is 34.9 Å². The zero-order valence-electron chi connectivity index (χ0n) is 13.4. The second-order valence-electron chi connectivity index (χ2n) is 5.77. The van der Waals surface area contributed by atoms with Gasteiger partial charge in [-0.2, -0.15) is 0 Å². The van der Waals surface area contributed by atoms with Crippen molar-refractivity contribution in [3.8, 4) is 0 Å². The van der Waals surface area contributed by atoms with Gasteiger partial charge in [0, 0.05) is 42.3 Å². The minimum atomic E-state index is -0.148. The van der Waals surface area contributed by atoms with Crippen LogP contribution in [0.1, 0.15) is 33.0 Å². The Kier molecular flexibility index (Phi) is 4.99. The molecule has 0 saturated carbocycles. The fraction of sp³-hybridized carbons (Fsp3) is 0.353. The fourth-order valence-corrected chi connectivity index (χ4v) is 2.99. The molecule has 2 amide bonds. The first-order chi connectivity index (χ1) is 11.5. The number of amides is 2. The van der Waals surface area contributed by atoms with Gasteiger partial charge in [-0.1, -0.05) is 21.1 Å². The average Bonchev–Trinajstić information content (AvgIpc) is 2.87. The largest absolute Gasteiger partial charge is 0.361 e. The molecule has 126 valence electrons. The number of carbonyl (C=O) groups is 2. The number of benzene rings is 1. The Morgan fingerprint density at radius 1 is 1.04 bits per heavy atom. The molecule has 0 atom stereocenters. The van der Waals surface area contributed by atoms with Crippen LogP contribution in [0.2, 0.25) is 0 Å². The summed E-state index contributed by atoms with van der Waals surface area (Å²) in [6, 6.07) is 8.95. The van der Waals surface area contributed by atoms with Crippen LogP contribution in [0.3, 0.4) is 0 Å². The third-order valence-corrected chi connectivity index (χ3v) is 4.54. The highest BCUT2D eigenvalue weighted by Gasteiger charge is 2.25. The molecule has 1 aliphatic rings. The SMILES string of the molecule is Cc1cc(C(=O)N2CCCN(C(=O)c3ccc(Br)cc3)CC2)no1. The first-order valence-electron chi connectivity index (χ1n) is 7.82. The summed E-state index contributed by atoms with van der Waals surface area (Å²) in [4.78, 5) is 28.6. The van der Waals surface area contributed by atoms with E-state index in [0.29, 0.717) is 43.2 Å². The van der Waals surface area contributed by atoms with Gasteiger partial charge in [-0.05, 0) is 37.6 Å². The Hall–Kier alpha value is -2.15. The van der Waals surface area contributed by atoms with Crippen LogP contribution in [-0.4, -0.2) is 52.9 Å². The zero-order chi connectivity index (χ0) is 17.1. The lowest BCUT2D eigenvalue weighted by Gasteiger charge is -2.21. The highest BCUT2D eigenvalue weighted by atomic mass is 79.9. The second kappa shape index (κ2) is 7.17. The van der Waals surface area contributed by atoms with E-state index in [1.807, 2.05) is 12.1 Å². The van der Waals surface area contributed by atoms with E-state index < -0.39 is 0 Å². The number of hydrogen-bond acceptors (Lipinski definition) is 4. The summed E-state index contributed by atoms with van der Waals surface area (Å²) in [6.45, 7) is 4.00. The summed E-state index contributed by atoms with van der Waals surface area (Å²) in [5.41, 5.74) is 0.977. The Morgan fingerprint density at radius 3 is 2.25 bits per heavy atom. The molecular weight excluding hydrogens is 374 g/mol. The molecule has 1 aromatic heterocycles. The highest BCUT2D eigenvalue weighted by molar-refractivity contribution is 9.10. The molecule has 1 saturated heterocycles. The maximum absolute atomic E-state index is 12.6. The van der Waals surface area contributed by atoms with Gasteiger partial charge in [0.1, 0.15) is 5.76 Å². The highest BCUT2D eigenvalue weighted by Crippen LogP contribution is 2.15. The molecule has 0 unspecified atom stereocenters. The van der Waals surface area contributed by atoms with Crippen molar-refractivity contribution in [1.29, 1.82) is 0 Å². The molecule has 24 heavy (non-hydrogen) atoms. The smallest absolute Gasteiger partial charge is 0.276 e. The molecule has 2 aromatic rings. The Labute approximate surface area is 148 Å². The molecule has 7 heteroatoms. The lowest BCUT2D eigenvalue weighted by molar-refractivity contribution is 0.0713. The van der Waals surface area contributed by atoms with Crippen LogP contribution in [0, 0.1) is 6.92 Å². The Bertz CT molecular complexity index is 742. The summed E-state index contributed by atoms with van der Waals surface area (Å²) < 4.78 is 5.91. The molecule has 6 nitrogen and oxygen atoms in total. The predicted molar refractivity (Wildman–Crippen MR) is 91.8 cm³/mol. The van der Waals surface area contributed by atoms with E-state index in [0.717, 1.165) is 10.9 Å². The van der Waals surface area contributed by atoms with E-state index >= 15 is 0 Å². The van der Waals surface area contributed by atoms with E-state index in [2.05, 4.69) is 21.1 Å². The van der Waals surface area contributed by atoms with Gasteiger partial charge in [0.05, 0.1) is 0 Å². The third-order valence-electron chi connectivity index (χ3n) is 4.01. The molecule has 2 heterocycles. The standard InChI is InChI=1S/C17H18BrN3O3/c1-12-11-15(19-24-12)17(23)21-8-2-7-20(9-10-21)16(22)13-3-5-14(18)6-4-13/h3-6,11H,2,7-10H2,1H3. The molecule has 1 aliphatic heterocycles. The van der Waals surface area contributed by atoms with Crippen LogP contribution in [0.5, 0.6) is 0 Å². The van der Waals surface area contributed by atoms with Crippen molar-refractivity contribution in [3.63, 3.8) is 0 Å². The van der Waals surface area contributed by atoms with Gasteiger partial charge >= 0.3 is 0 Å². The van der Waals surface area contributed by atoms with Gasteiger partial charge < -0.3 is 14.3 Å². The number of halogens is 1. The molecule has 1 fully saturated rings. The molecule has 0 bridgehead atoms. The molecule has 0 N–H and O–H groups in total. The van der Waals surface area contributed by atoms with Crippen molar-refractivity contribution in [2.75, 3.05) is 26.2 Å². The third kappa shape index (κ3) is 3.67. The second-order valence-corrected chi connectivity index (χ2v) is 6.68. The van der Waals surface area contributed by atoms with Crippen molar-refractivity contribution >= 4 is 27.7 Å². The van der Waals surface area contributed by atoms with Gasteiger partial charge in [-0.3, -0.25) is 9.59 Å². The first-order valence-corrected chi connectivity index (χ1v) is 8.61. The van der Waals surface area contributed by atoms with Crippen molar-refractivity contribution in [1.82, 2.24) is 15.0 Å². The first kappa shape index (κ1) is 16.7. The zero-order valence-corrected chi connectivity index (χ0v) is 15.0. The predicted octanol–water partition coefficient (Wildman–Crippen LogP) is 2.73. The molecule has 0 aliphatic carbocycles. The maximum Gasteiger partial charge on any atom is 0.276 e. The molecular formula is C17H18BrN3O3. The summed E-state index contributed by atoms with van der Waals surface area (Å²) in [6.07, 6.45) is 0.741. The van der Waals surface area contributed by atoms with Crippen LogP contribution in [-0.2, 0) is 0 Å². The van der Waals surface area contributed by atoms with E-state index in [9.17, 15) is 9.59 Å². The Morgan fingerprint density at radius 2 is 1.67 bits per heavy atom. The number of aryl methyl sites for hydroxylation is 1. The van der Waals surface area contributed by atoms with E-state index in [-0.39, 0.29) is 11.8 Å². The topological polar surface area (TPSA) is 66.7 Å². The normalized spacial score (nSPS) is 15.2. The minimum Gasteiger partial charge on any atom is -0.361 e. The van der Waals surface area contributed by atoms with Crippen LogP contribution >= 0.6 is 15.9 Å². The van der Waals surface area contributed by atoms with Crippen molar-refractivity contribution in [2.45, 2.75) is 13.3 Å². The van der Waals surface area contributed by atoms with Gasteiger partial charge in [0.15, 0.2) is 5.69 Å². The molecule has 0 spiro atoms. The van der Waals surface area contributed by atoms with Gasteiger partial charge in [-0.25, -0.2) is 0 Å². The summed E-state index contributed by atoms with van der Waals surface area (Å²) >= 11 is 3.37. The van der Waals surface area contributed by atoms with Crippen LogP contribution in [0.25, 0.3) is 0 Å². The number of aromatic nitrogens is 1. The van der Waals surface area contributed by atoms with E-state index in [4.69, 9.17) is 4.52 Å². The lowest BCUT2D eigenvalue weighted by Crippen LogP contribution is -2.37. The van der Waals surface area contributed by atoms with Crippen molar-refractivity contribution < 1.29 is 14.1 Å². The van der Waals surface area contributed by atoms with Gasteiger partial charge in [0.2, 0.25) is 0 Å². The average molecular weight is 392 g/mol. The number of rotatable bonds is 2.